The van der Waals surface area contributed by atoms with E-state index < -0.39 is 6.09 Å². The lowest BCUT2D eigenvalue weighted by Gasteiger charge is -2.18. The number of rotatable bonds is 6. The molecule has 94 valence electrons. The molecule has 1 aromatic carbocycles. The van der Waals surface area contributed by atoms with Crippen LogP contribution in [0.4, 0.5) is 4.79 Å². The number of nitrogens with zero attached hydrogens (tertiary/aromatic N) is 1. The molecule has 0 radical (unpaired) electrons. The smallest absolute Gasteiger partial charge is 0.407 e. The molecule has 0 unspecified atom stereocenters. The maximum Gasteiger partial charge on any atom is 0.407 e. The highest BCUT2D eigenvalue weighted by Crippen LogP contribution is 2.08. The first-order valence-corrected chi connectivity index (χ1v) is 5.84. The molecule has 1 amide bonds. The van der Waals surface area contributed by atoms with Crippen LogP contribution in [-0.2, 0) is 13.0 Å². The molecular weight excluding hydrogens is 218 g/mol. The highest BCUT2D eigenvalue weighted by atomic mass is 16.4. The van der Waals surface area contributed by atoms with Crippen molar-refractivity contribution in [2.24, 2.45) is 0 Å². The molecule has 0 saturated heterocycles. The monoisotopic (exact) mass is 237 g/mol. The minimum atomic E-state index is -0.883. The maximum atomic E-state index is 11.0. The second-order valence-corrected chi connectivity index (χ2v) is 3.99. The first-order valence-electron chi connectivity index (χ1n) is 5.84. The predicted molar refractivity (Wildman–Crippen MR) is 66.0 cm³/mol. The number of carboxylic acid groups (broad SMARTS) is 1. The molecule has 0 aromatic heterocycles. The van der Waals surface area contributed by atoms with Crippen LogP contribution in [0, 0.1) is 0 Å². The third-order valence-electron chi connectivity index (χ3n) is 2.56. The predicted octanol–water partition coefficient (Wildman–Crippen LogP) is 2.11. The molecule has 4 heteroatoms. The number of carbonyl (C=O) groups is 1. The van der Waals surface area contributed by atoms with Crippen molar-refractivity contribution in [2.45, 2.75) is 26.3 Å². The molecule has 1 aromatic rings. The quantitative estimate of drug-likeness (QED) is 0.796. The molecule has 0 heterocycles. The molecule has 0 aliphatic rings. The van der Waals surface area contributed by atoms with Crippen LogP contribution in [0.1, 0.15) is 24.5 Å². The summed E-state index contributed by atoms with van der Waals surface area (Å²) in [5, 5.41) is 17.8. The summed E-state index contributed by atoms with van der Waals surface area (Å²) in [7, 11) is 0. The molecular formula is C13H19NO3. The van der Waals surface area contributed by atoms with Crippen molar-refractivity contribution in [1.82, 2.24) is 4.90 Å². The highest BCUT2D eigenvalue weighted by molar-refractivity contribution is 5.64. The minimum Gasteiger partial charge on any atom is -0.465 e. The number of hydrogen-bond donors (Lipinski definition) is 2. The third kappa shape index (κ3) is 4.44. The summed E-state index contributed by atoms with van der Waals surface area (Å²) >= 11 is 0. The van der Waals surface area contributed by atoms with Gasteiger partial charge in [0, 0.05) is 19.7 Å². The fourth-order valence-electron chi connectivity index (χ4n) is 1.67. The Morgan fingerprint density at radius 3 is 2.29 bits per heavy atom. The first-order chi connectivity index (χ1) is 8.17. The summed E-state index contributed by atoms with van der Waals surface area (Å²) in [6.45, 7) is 3.06. The Kier molecular flexibility index (Phi) is 5.49. The molecule has 17 heavy (non-hydrogen) atoms. The number of amides is 1. The maximum absolute atomic E-state index is 11.0. The zero-order valence-corrected chi connectivity index (χ0v) is 10.1. The lowest BCUT2D eigenvalue weighted by Crippen LogP contribution is -2.29. The Bertz CT molecular complexity index is 348. The van der Waals surface area contributed by atoms with Gasteiger partial charge in [-0.15, -0.1) is 0 Å². The topological polar surface area (TPSA) is 60.8 Å². The lowest BCUT2D eigenvalue weighted by atomic mass is 10.1. The molecule has 0 saturated carbocycles. The van der Waals surface area contributed by atoms with Gasteiger partial charge in [0.05, 0.1) is 0 Å². The molecule has 0 fully saturated rings. The van der Waals surface area contributed by atoms with Crippen molar-refractivity contribution >= 4 is 6.09 Å². The van der Waals surface area contributed by atoms with Gasteiger partial charge in [-0.1, -0.05) is 31.2 Å². The molecule has 0 bridgehead atoms. The second kappa shape index (κ2) is 6.91. The van der Waals surface area contributed by atoms with Gasteiger partial charge in [0.1, 0.15) is 0 Å². The zero-order valence-electron chi connectivity index (χ0n) is 10.1. The van der Waals surface area contributed by atoms with E-state index in [0.717, 1.165) is 17.5 Å². The van der Waals surface area contributed by atoms with Gasteiger partial charge in [-0.05, 0) is 24.0 Å². The van der Waals surface area contributed by atoms with E-state index in [4.69, 9.17) is 10.2 Å². The Morgan fingerprint density at radius 1 is 1.24 bits per heavy atom. The van der Waals surface area contributed by atoms with E-state index in [-0.39, 0.29) is 6.61 Å². The average molecular weight is 237 g/mol. The lowest BCUT2D eigenvalue weighted by molar-refractivity contribution is 0.142. The summed E-state index contributed by atoms with van der Waals surface area (Å²) in [4.78, 5) is 12.4. The van der Waals surface area contributed by atoms with Gasteiger partial charge in [-0.3, -0.25) is 0 Å². The van der Waals surface area contributed by atoms with Crippen molar-refractivity contribution in [3.05, 3.63) is 35.4 Å². The van der Waals surface area contributed by atoms with E-state index in [1.165, 1.54) is 4.90 Å². The minimum absolute atomic E-state index is 0.135. The van der Waals surface area contributed by atoms with Gasteiger partial charge in [0.2, 0.25) is 0 Å². The normalized spacial score (nSPS) is 10.2. The fraction of sp³-hybridized carbons (Fsp3) is 0.462. The van der Waals surface area contributed by atoms with E-state index in [0.29, 0.717) is 19.5 Å². The summed E-state index contributed by atoms with van der Waals surface area (Å²) in [5.41, 5.74) is 2.04. The van der Waals surface area contributed by atoms with Crippen LogP contribution in [0.5, 0.6) is 0 Å². The van der Waals surface area contributed by atoms with Crippen LogP contribution in [0.2, 0.25) is 0 Å². The Balaban J connectivity index is 2.63. The molecule has 0 spiro atoms. The van der Waals surface area contributed by atoms with Crippen molar-refractivity contribution in [3.8, 4) is 0 Å². The number of benzene rings is 1. The standard InChI is InChI=1S/C13H19NO3/c1-2-8-14(13(16)17)10-12-5-3-11(4-6-12)7-9-15/h3-6,15H,2,7-10H2,1H3,(H,16,17). The van der Waals surface area contributed by atoms with E-state index in [1.54, 1.807) is 0 Å². The van der Waals surface area contributed by atoms with Crippen molar-refractivity contribution in [3.63, 3.8) is 0 Å². The SMILES string of the molecule is CCCN(Cc1ccc(CCO)cc1)C(=O)O. The second-order valence-electron chi connectivity index (χ2n) is 3.99. The van der Waals surface area contributed by atoms with Crippen LogP contribution in [-0.4, -0.2) is 34.4 Å². The molecule has 2 N–H and O–H groups in total. The molecule has 0 aliphatic carbocycles. The van der Waals surface area contributed by atoms with Gasteiger partial charge in [-0.25, -0.2) is 4.79 Å². The Morgan fingerprint density at radius 2 is 1.82 bits per heavy atom. The van der Waals surface area contributed by atoms with E-state index >= 15 is 0 Å². The summed E-state index contributed by atoms with van der Waals surface area (Å²) < 4.78 is 0. The van der Waals surface area contributed by atoms with Crippen LogP contribution < -0.4 is 0 Å². The van der Waals surface area contributed by atoms with Gasteiger partial charge >= 0.3 is 6.09 Å². The molecule has 4 nitrogen and oxygen atoms in total. The number of hydrogen-bond acceptors (Lipinski definition) is 2. The number of aliphatic hydroxyl groups is 1. The third-order valence-corrected chi connectivity index (χ3v) is 2.56. The van der Waals surface area contributed by atoms with Crippen molar-refractivity contribution in [1.29, 1.82) is 0 Å². The van der Waals surface area contributed by atoms with Crippen LogP contribution in [0.15, 0.2) is 24.3 Å². The van der Waals surface area contributed by atoms with Gasteiger partial charge in [0.25, 0.3) is 0 Å². The summed E-state index contributed by atoms with van der Waals surface area (Å²) in [6.07, 6.45) is 0.568. The van der Waals surface area contributed by atoms with E-state index in [2.05, 4.69) is 0 Å². The Hall–Kier alpha value is -1.55. The van der Waals surface area contributed by atoms with Crippen molar-refractivity contribution in [2.75, 3.05) is 13.2 Å². The van der Waals surface area contributed by atoms with E-state index in [9.17, 15) is 4.79 Å². The van der Waals surface area contributed by atoms with Crippen LogP contribution >= 0.6 is 0 Å². The fourth-order valence-corrected chi connectivity index (χ4v) is 1.67. The van der Waals surface area contributed by atoms with Gasteiger partial charge < -0.3 is 15.1 Å². The number of aliphatic hydroxyl groups excluding tert-OH is 1. The van der Waals surface area contributed by atoms with Crippen LogP contribution in [0.3, 0.4) is 0 Å². The zero-order chi connectivity index (χ0) is 12.7. The summed E-state index contributed by atoms with van der Waals surface area (Å²) in [5.74, 6) is 0. The molecule has 0 atom stereocenters. The average Bonchev–Trinajstić information content (AvgIpc) is 2.31. The summed E-state index contributed by atoms with van der Waals surface area (Å²) in [6, 6.07) is 7.68. The first kappa shape index (κ1) is 13.5. The highest BCUT2D eigenvalue weighted by Gasteiger charge is 2.10. The Labute approximate surface area is 101 Å². The largest absolute Gasteiger partial charge is 0.465 e. The van der Waals surface area contributed by atoms with Gasteiger partial charge in [0.15, 0.2) is 0 Å². The molecule has 0 aliphatic heterocycles. The van der Waals surface area contributed by atoms with E-state index in [1.807, 2.05) is 31.2 Å². The van der Waals surface area contributed by atoms with Crippen LogP contribution in [0.25, 0.3) is 0 Å². The van der Waals surface area contributed by atoms with Gasteiger partial charge in [-0.2, -0.15) is 0 Å². The van der Waals surface area contributed by atoms with Crippen molar-refractivity contribution < 1.29 is 15.0 Å². The molecule has 1 rings (SSSR count).